The summed E-state index contributed by atoms with van der Waals surface area (Å²) in [5.74, 6) is 3.15. The zero-order valence-corrected chi connectivity index (χ0v) is 10.8. The van der Waals surface area contributed by atoms with Gasteiger partial charge in [0, 0.05) is 37.8 Å². The number of nitrogens with one attached hydrogen (secondary N) is 2. The molecule has 2 N–H and O–H groups in total. The summed E-state index contributed by atoms with van der Waals surface area (Å²) in [6, 6.07) is 0. The van der Waals surface area contributed by atoms with Crippen LogP contribution in [0.5, 0.6) is 0 Å². The quantitative estimate of drug-likeness (QED) is 0.652. The Morgan fingerprint density at radius 3 is 1.56 bits per heavy atom. The fraction of sp³-hybridized carbons (Fsp3) is 0.857. The first-order chi connectivity index (χ1) is 8.75. The van der Waals surface area contributed by atoms with Crippen molar-refractivity contribution in [1.82, 2.24) is 10.6 Å². The van der Waals surface area contributed by atoms with Gasteiger partial charge in [0.1, 0.15) is 11.6 Å². The number of rotatable bonds is 0. The summed E-state index contributed by atoms with van der Waals surface area (Å²) in [4.78, 5) is 22.0. The molecule has 4 aliphatic rings. The molecule has 2 heterocycles. The van der Waals surface area contributed by atoms with Crippen LogP contribution in [0.3, 0.4) is 0 Å². The lowest BCUT2D eigenvalue weighted by atomic mass is 10.0. The molecule has 18 heavy (non-hydrogen) atoms. The van der Waals surface area contributed by atoms with E-state index < -0.39 is 0 Å². The average molecular weight is 250 g/mol. The van der Waals surface area contributed by atoms with Crippen LogP contribution in [0.2, 0.25) is 0 Å². The first-order valence-electron chi connectivity index (χ1n) is 7.22. The SMILES string of the molecule is O=C1CC[C@@H]2CNC[C@H]12.O=C1CC[C@H]2CNC[C@@H]12. The Labute approximate surface area is 108 Å². The van der Waals surface area contributed by atoms with Crippen LogP contribution in [0.4, 0.5) is 0 Å². The lowest BCUT2D eigenvalue weighted by Gasteiger charge is -2.01. The van der Waals surface area contributed by atoms with Crippen molar-refractivity contribution >= 4 is 11.6 Å². The van der Waals surface area contributed by atoms with Crippen LogP contribution in [0.15, 0.2) is 0 Å². The summed E-state index contributed by atoms with van der Waals surface area (Å²) in [6.45, 7) is 4.06. The maximum atomic E-state index is 11.0. The van der Waals surface area contributed by atoms with E-state index in [2.05, 4.69) is 10.6 Å². The predicted octanol–water partition coefficient (Wildman–Crippen LogP) is 0.370. The van der Waals surface area contributed by atoms with Gasteiger partial charge in [-0.05, 0) is 37.8 Å². The second-order valence-corrected chi connectivity index (χ2v) is 6.06. The monoisotopic (exact) mass is 250 g/mol. The zero-order valence-electron chi connectivity index (χ0n) is 10.8. The number of carbonyl (C=O) groups excluding carboxylic acids is 2. The molecular formula is C14H22N2O2. The molecule has 4 atom stereocenters. The summed E-state index contributed by atoms with van der Waals surface area (Å²) in [7, 11) is 0. The van der Waals surface area contributed by atoms with Crippen LogP contribution in [0, 0.1) is 23.7 Å². The number of Topliss-reactive ketones (excluding diaryl/α,β-unsaturated/α-hetero) is 2. The van der Waals surface area contributed by atoms with Gasteiger partial charge in [-0.3, -0.25) is 9.59 Å². The van der Waals surface area contributed by atoms with E-state index in [0.717, 1.165) is 51.9 Å². The molecule has 0 bridgehead atoms. The van der Waals surface area contributed by atoms with Crippen molar-refractivity contribution in [2.75, 3.05) is 26.2 Å². The fourth-order valence-electron chi connectivity index (χ4n) is 3.85. The lowest BCUT2D eigenvalue weighted by molar-refractivity contribution is -0.121. The zero-order chi connectivity index (χ0) is 12.5. The van der Waals surface area contributed by atoms with Crippen molar-refractivity contribution in [3.63, 3.8) is 0 Å². The van der Waals surface area contributed by atoms with Crippen LogP contribution in [0.25, 0.3) is 0 Å². The van der Waals surface area contributed by atoms with Gasteiger partial charge in [0.25, 0.3) is 0 Å². The molecule has 0 radical (unpaired) electrons. The standard InChI is InChI=1S/2C7H11NO/c2*9-7-2-1-5-3-8-4-6(5)7/h2*5-6,8H,1-4H2/t2*5-,6+/m10/s1. The Bertz CT molecular complexity index is 322. The lowest BCUT2D eigenvalue weighted by Crippen LogP contribution is -2.14. The Kier molecular flexibility index (Phi) is 3.48. The Hall–Kier alpha value is -0.740. The molecule has 0 aromatic carbocycles. The van der Waals surface area contributed by atoms with Crippen molar-refractivity contribution in [2.24, 2.45) is 23.7 Å². The molecule has 2 saturated heterocycles. The maximum absolute atomic E-state index is 11.0. The van der Waals surface area contributed by atoms with Crippen molar-refractivity contribution in [3.05, 3.63) is 0 Å². The largest absolute Gasteiger partial charge is 0.316 e. The van der Waals surface area contributed by atoms with Crippen LogP contribution in [0.1, 0.15) is 25.7 Å². The predicted molar refractivity (Wildman–Crippen MR) is 68.2 cm³/mol. The van der Waals surface area contributed by atoms with Gasteiger partial charge in [-0.25, -0.2) is 0 Å². The maximum Gasteiger partial charge on any atom is 0.137 e. The van der Waals surface area contributed by atoms with Gasteiger partial charge in [0.05, 0.1) is 0 Å². The molecule has 0 aromatic rings. The Morgan fingerprint density at radius 1 is 0.722 bits per heavy atom. The van der Waals surface area contributed by atoms with E-state index in [9.17, 15) is 9.59 Å². The third kappa shape index (κ3) is 2.24. The normalized spacial score (nSPS) is 41.6. The smallest absolute Gasteiger partial charge is 0.137 e. The number of hydrogen-bond donors (Lipinski definition) is 2. The van der Waals surface area contributed by atoms with Crippen LogP contribution >= 0.6 is 0 Å². The molecule has 0 spiro atoms. The second-order valence-electron chi connectivity index (χ2n) is 6.06. The van der Waals surface area contributed by atoms with E-state index in [1.54, 1.807) is 0 Å². The van der Waals surface area contributed by atoms with Crippen molar-refractivity contribution in [3.8, 4) is 0 Å². The first kappa shape index (κ1) is 12.3. The van der Waals surface area contributed by atoms with Gasteiger partial charge in [-0.1, -0.05) is 0 Å². The summed E-state index contributed by atoms with van der Waals surface area (Å²) in [5, 5.41) is 6.47. The van der Waals surface area contributed by atoms with Gasteiger partial charge in [0.15, 0.2) is 0 Å². The van der Waals surface area contributed by atoms with Gasteiger partial charge in [-0.2, -0.15) is 0 Å². The highest BCUT2D eigenvalue weighted by atomic mass is 16.1. The topological polar surface area (TPSA) is 58.2 Å². The Balaban J connectivity index is 0.000000111. The van der Waals surface area contributed by atoms with E-state index >= 15 is 0 Å². The average Bonchev–Trinajstić information content (AvgIpc) is 3.06. The van der Waals surface area contributed by atoms with Crippen LogP contribution in [-0.2, 0) is 9.59 Å². The highest BCUT2D eigenvalue weighted by molar-refractivity contribution is 5.84. The van der Waals surface area contributed by atoms with E-state index in [-0.39, 0.29) is 0 Å². The molecule has 4 nitrogen and oxygen atoms in total. The third-order valence-electron chi connectivity index (χ3n) is 5.03. The van der Waals surface area contributed by atoms with E-state index in [0.29, 0.717) is 35.2 Å². The van der Waals surface area contributed by atoms with Crippen molar-refractivity contribution in [1.29, 1.82) is 0 Å². The van der Waals surface area contributed by atoms with Crippen LogP contribution in [-0.4, -0.2) is 37.7 Å². The summed E-state index contributed by atoms with van der Waals surface area (Å²) in [6.07, 6.45) is 3.96. The highest BCUT2D eigenvalue weighted by Crippen LogP contribution is 2.31. The number of carbonyl (C=O) groups is 2. The number of fused-ring (bicyclic) bond motifs is 2. The summed E-state index contributed by atoms with van der Waals surface area (Å²) < 4.78 is 0. The third-order valence-corrected chi connectivity index (χ3v) is 5.03. The van der Waals surface area contributed by atoms with Crippen LogP contribution < -0.4 is 10.6 Å². The van der Waals surface area contributed by atoms with Gasteiger partial charge in [-0.15, -0.1) is 0 Å². The molecule has 4 heteroatoms. The molecule has 2 aliphatic heterocycles. The van der Waals surface area contributed by atoms with E-state index in [1.165, 1.54) is 0 Å². The second kappa shape index (κ2) is 5.10. The summed E-state index contributed by atoms with van der Waals surface area (Å²) >= 11 is 0. The minimum atomic E-state index is 0.394. The van der Waals surface area contributed by atoms with Gasteiger partial charge < -0.3 is 10.6 Å². The molecule has 0 amide bonds. The molecule has 2 aliphatic carbocycles. The van der Waals surface area contributed by atoms with Gasteiger partial charge >= 0.3 is 0 Å². The first-order valence-corrected chi connectivity index (χ1v) is 7.22. The highest BCUT2D eigenvalue weighted by Gasteiger charge is 2.38. The number of hydrogen-bond acceptors (Lipinski definition) is 4. The van der Waals surface area contributed by atoms with Crippen molar-refractivity contribution in [2.45, 2.75) is 25.7 Å². The minimum absolute atomic E-state index is 0.394. The fourth-order valence-corrected chi connectivity index (χ4v) is 3.85. The summed E-state index contributed by atoms with van der Waals surface area (Å²) in [5.41, 5.74) is 0. The minimum Gasteiger partial charge on any atom is -0.316 e. The molecular weight excluding hydrogens is 228 g/mol. The van der Waals surface area contributed by atoms with Gasteiger partial charge in [0.2, 0.25) is 0 Å². The molecule has 2 saturated carbocycles. The molecule has 4 fully saturated rings. The Morgan fingerprint density at radius 2 is 1.17 bits per heavy atom. The molecule has 0 unspecified atom stereocenters. The molecule has 4 rings (SSSR count). The van der Waals surface area contributed by atoms with Crippen molar-refractivity contribution < 1.29 is 9.59 Å². The number of ketones is 2. The van der Waals surface area contributed by atoms with E-state index in [4.69, 9.17) is 0 Å². The molecule has 100 valence electrons. The van der Waals surface area contributed by atoms with E-state index in [1.807, 2.05) is 0 Å². The molecule has 0 aromatic heterocycles.